The summed E-state index contributed by atoms with van der Waals surface area (Å²) >= 11 is -2.61. The van der Waals surface area contributed by atoms with Gasteiger partial charge in [0.05, 0.1) is 0 Å². The van der Waals surface area contributed by atoms with E-state index in [9.17, 15) is 0 Å². The first-order valence-electron chi connectivity index (χ1n) is 7.70. The standard InChI is InChI=1S/C7H15N.C5H5.5CH3.Ti/c1-3-5-6-7-8-4-2;1-2-4-5-3-1;;;;;;/h3,8H,1,4-7H2,2H3;1-3H,4H2;5*1H3;. The average molecular weight is 301 g/mol. The van der Waals surface area contributed by atoms with Gasteiger partial charge in [-0.05, 0) is 25.9 Å². The van der Waals surface area contributed by atoms with Crippen LogP contribution in [0.25, 0.3) is 0 Å². The van der Waals surface area contributed by atoms with Crippen molar-refractivity contribution >= 4 is 0 Å². The van der Waals surface area contributed by atoms with Gasteiger partial charge in [0.25, 0.3) is 0 Å². The molecule has 0 atom stereocenters. The molecule has 112 valence electrons. The van der Waals surface area contributed by atoms with Crippen molar-refractivity contribution in [3.8, 4) is 0 Å². The van der Waals surface area contributed by atoms with Crippen molar-refractivity contribution in [3.63, 3.8) is 0 Å². The molecule has 0 saturated carbocycles. The van der Waals surface area contributed by atoms with Gasteiger partial charge < -0.3 is 5.32 Å². The average Bonchev–Trinajstić information content (AvgIpc) is 2.77. The molecule has 1 rings (SSSR count). The van der Waals surface area contributed by atoms with E-state index in [1.807, 2.05) is 6.08 Å². The molecule has 0 saturated heterocycles. The number of hydrogen-bond acceptors (Lipinski definition) is 1. The molecular formula is C17H35NTi. The van der Waals surface area contributed by atoms with Gasteiger partial charge in [0, 0.05) is 0 Å². The van der Waals surface area contributed by atoms with Crippen molar-refractivity contribution in [2.75, 3.05) is 13.1 Å². The fraction of sp³-hybridized carbons (Fsp3) is 0.647. The van der Waals surface area contributed by atoms with Crippen molar-refractivity contribution in [1.29, 1.82) is 0 Å². The second-order valence-corrected chi connectivity index (χ2v) is 29.9. The minimum atomic E-state index is -2.61. The maximum absolute atomic E-state index is 3.63. The monoisotopic (exact) mass is 301 g/mol. The molecule has 0 fully saturated rings. The third-order valence-electron chi connectivity index (χ3n) is 3.39. The molecule has 0 spiro atoms. The van der Waals surface area contributed by atoms with Gasteiger partial charge in [-0.25, -0.2) is 0 Å². The van der Waals surface area contributed by atoms with Crippen LogP contribution in [0.2, 0.25) is 26.1 Å². The fourth-order valence-corrected chi connectivity index (χ4v) is 5.15. The summed E-state index contributed by atoms with van der Waals surface area (Å²) in [5.74, 6) is 0. The quantitative estimate of drug-likeness (QED) is 0.368. The van der Waals surface area contributed by atoms with Crippen molar-refractivity contribution in [1.82, 2.24) is 5.32 Å². The zero-order chi connectivity index (χ0) is 15.1. The molecule has 0 aromatic rings. The summed E-state index contributed by atoms with van der Waals surface area (Å²) in [6.07, 6.45) is 12.3. The Kier molecular flexibility index (Phi) is 6.53. The van der Waals surface area contributed by atoms with Crippen LogP contribution in [0.1, 0.15) is 26.2 Å². The second kappa shape index (κ2) is 6.56. The first kappa shape index (κ1) is 18.9. The molecule has 0 heterocycles. The van der Waals surface area contributed by atoms with Gasteiger partial charge in [-0.3, -0.25) is 0 Å². The molecular weight excluding hydrogens is 266 g/mol. The zero-order valence-electron chi connectivity index (χ0n) is 14.1. The summed E-state index contributed by atoms with van der Waals surface area (Å²) in [4.78, 5) is 0. The Bertz CT molecular complexity index is 340. The molecule has 0 unspecified atom stereocenters. The van der Waals surface area contributed by atoms with Gasteiger partial charge in [-0.15, -0.1) is 6.58 Å². The number of rotatable bonds is 6. The van der Waals surface area contributed by atoms with Crippen LogP contribution >= 0.6 is 0 Å². The van der Waals surface area contributed by atoms with E-state index in [1.165, 1.54) is 12.8 Å². The molecule has 2 heteroatoms. The van der Waals surface area contributed by atoms with Crippen LogP contribution in [0.4, 0.5) is 0 Å². The Morgan fingerprint density at radius 3 is 2.21 bits per heavy atom. The third-order valence-corrected chi connectivity index (χ3v) is 8.98. The summed E-state index contributed by atoms with van der Waals surface area (Å²) in [5.41, 5.74) is 0. The van der Waals surface area contributed by atoms with Crippen LogP contribution < -0.4 is 5.32 Å². The molecule has 1 aliphatic rings. The van der Waals surface area contributed by atoms with Crippen LogP contribution in [-0.4, -0.2) is 13.1 Å². The molecule has 0 aliphatic heterocycles. The zero-order valence-corrected chi connectivity index (χ0v) is 15.6. The van der Waals surface area contributed by atoms with Crippen molar-refractivity contribution < 1.29 is 14.0 Å². The normalized spacial score (nSPS) is 17.9. The van der Waals surface area contributed by atoms with Crippen molar-refractivity contribution in [3.05, 3.63) is 34.8 Å². The van der Waals surface area contributed by atoms with Gasteiger partial charge >= 0.3 is 68.7 Å². The number of unbranched alkanes of at least 4 members (excludes halogenated alkanes) is 1. The topological polar surface area (TPSA) is 12.0 Å². The minimum absolute atomic E-state index is 1.08. The number of allylic oxidation sites excluding steroid dienone is 5. The first-order valence-corrected chi connectivity index (χ1v) is 16.3. The molecule has 0 amide bonds. The van der Waals surface area contributed by atoms with E-state index < -0.39 is 14.0 Å². The van der Waals surface area contributed by atoms with E-state index in [-0.39, 0.29) is 0 Å². The first-order chi connectivity index (χ1) is 8.51. The Morgan fingerprint density at radius 2 is 1.89 bits per heavy atom. The van der Waals surface area contributed by atoms with Crippen molar-refractivity contribution in [2.45, 2.75) is 52.3 Å². The Morgan fingerprint density at radius 1 is 1.26 bits per heavy atom. The van der Waals surface area contributed by atoms with Gasteiger partial charge in [0.1, 0.15) is 0 Å². The Labute approximate surface area is 119 Å². The summed E-state index contributed by atoms with van der Waals surface area (Å²) in [6, 6.07) is 0. The SMILES string of the molecule is C=CCCCNCC.[CH3][Ti]([CH3])([CH3])([CH3])([CH3])[C]1=CC=CC1. The van der Waals surface area contributed by atoms with E-state index in [0.717, 1.165) is 19.5 Å². The molecule has 0 radical (unpaired) electrons. The third kappa shape index (κ3) is 9.43. The summed E-state index contributed by atoms with van der Waals surface area (Å²) in [5, 5.41) is 15.7. The van der Waals surface area contributed by atoms with E-state index in [1.54, 1.807) is 3.88 Å². The summed E-state index contributed by atoms with van der Waals surface area (Å²) in [7, 11) is 0. The molecule has 1 aliphatic carbocycles. The summed E-state index contributed by atoms with van der Waals surface area (Å²) in [6.45, 7) is 7.96. The summed E-state index contributed by atoms with van der Waals surface area (Å²) < 4.78 is 1.70. The van der Waals surface area contributed by atoms with Crippen LogP contribution in [0, 0.1) is 0 Å². The maximum atomic E-state index is 3.63. The molecule has 1 nitrogen and oxygen atoms in total. The van der Waals surface area contributed by atoms with E-state index in [2.05, 4.69) is 63.2 Å². The van der Waals surface area contributed by atoms with Crippen LogP contribution in [0.3, 0.4) is 0 Å². The van der Waals surface area contributed by atoms with Crippen LogP contribution in [-0.2, 0) is 14.0 Å². The Balaban J connectivity index is 0.000000362. The predicted molar refractivity (Wildman–Crippen MR) is 89.1 cm³/mol. The molecule has 1 N–H and O–H groups in total. The van der Waals surface area contributed by atoms with Crippen molar-refractivity contribution in [2.24, 2.45) is 0 Å². The van der Waals surface area contributed by atoms with Gasteiger partial charge in [0.15, 0.2) is 0 Å². The van der Waals surface area contributed by atoms with Gasteiger partial charge in [-0.1, -0.05) is 13.0 Å². The van der Waals surface area contributed by atoms with Crippen LogP contribution in [0.15, 0.2) is 34.8 Å². The molecule has 0 aromatic heterocycles. The molecule has 19 heavy (non-hydrogen) atoms. The van der Waals surface area contributed by atoms with Gasteiger partial charge in [-0.2, -0.15) is 0 Å². The number of nitrogens with one attached hydrogen (secondary N) is 1. The predicted octanol–water partition coefficient (Wildman–Crippen LogP) is 5.86. The van der Waals surface area contributed by atoms with Crippen LogP contribution in [0.5, 0.6) is 0 Å². The second-order valence-electron chi connectivity index (χ2n) is 9.36. The fourth-order valence-electron chi connectivity index (χ4n) is 1.92. The van der Waals surface area contributed by atoms with Gasteiger partial charge in [0.2, 0.25) is 0 Å². The van der Waals surface area contributed by atoms with E-state index >= 15 is 0 Å². The van der Waals surface area contributed by atoms with E-state index in [0.29, 0.717) is 0 Å². The number of hydrogen-bond donors (Lipinski definition) is 1. The molecule has 0 aromatic carbocycles. The van der Waals surface area contributed by atoms with E-state index in [4.69, 9.17) is 0 Å². The molecule has 0 bridgehead atoms. The Hall–Kier alpha value is -0.106.